The quantitative estimate of drug-likeness (QED) is 0.356. The number of benzene rings is 2. The van der Waals surface area contributed by atoms with Crippen LogP contribution in [0.1, 0.15) is 71.0 Å². The summed E-state index contributed by atoms with van der Waals surface area (Å²) in [5.74, 6) is -0.202. The van der Waals surface area contributed by atoms with Gasteiger partial charge in [-0.2, -0.15) is 5.10 Å². The highest BCUT2D eigenvalue weighted by molar-refractivity contribution is 6.07. The van der Waals surface area contributed by atoms with Crippen molar-refractivity contribution in [2.45, 2.75) is 64.2 Å². The Morgan fingerprint density at radius 1 is 1.13 bits per heavy atom. The number of ether oxygens (including phenoxy) is 1. The molecule has 0 aliphatic carbocycles. The number of amides is 3. The van der Waals surface area contributed by atoms with Gasteiger partial charge >= 0.3 is 0 Å². The smallest absolute Gasteiger partial charge is 0.255 e. The lowest BCUT2D eigenvalue weighted by molar-refractivity contribution is -0.136. The maximum Gasteiger partial charge on any atom is 0.255 e. The second-order valence-corrected chi connectivity index (χ2v) is 10.6. The number of rotatable bonds is 7. The molecule has 0 radical (unpaired) electrons. The number of aromatic amines is 1. The number of fused-ring (bicyclic) bond motifs is 2. The third-order valence-corrected chi connectivity index (χ3v) is 8.08. The summed E-state index contributed by atoms with van der Waals surface area (Å²) >= 11 is 0. The number of H-pyrrole nitrogens is 1. The molecule has 0 saturated carbocycles. The average Bonchev–Trinajstić information content (AvgIpc) is 3.48. The predicted molar refractivity (Wildman–Crippen MR) is 142 cm³/mol. The van der Waals surface area contributed by atoms with Gasteiger partial charge in [-0.3, -0.25) is 34.5 Å². The molecule has 3 aliphatic heterocycles. The maximum absolute atomic E-state index is 13.0. The Balaban J connectivity index is 1.14. The molecular formula is C29H31N5O5. The fourth-order valence-electron chi connectivity index (χ4n) is 6.03. The van der Waals surface area contributed by atoms with E-state index in [1.54, 1.807) is 24.0 Å². The molecule has 10 heteroatoms. The Kier molecular flexibility index (Phi) is 6.64. The Morgan fingerprint density at radius 2 is 2.00 bits per heavy atom. The zero-order valence-electron chi connectivity index (χ0n) is 21.9. The molecule has 10 nitrogen and oxygen atoms in total. The minimum absolute atomic E-state index is 0.0213. The van der Waals surface area contributed by atoms with Crippen LogP contribution in [0, 0.1) is 0 Å². The molecule has 1 unspecified atom stereocenters. The summed E-state index contributed by atoms with van der Waals surface area (Å²) in [5.41, 5.74) is 3.80. The molecule has 202 valence electrons. The number of carbonyl (C=O) groups excluding carboxylic acids is 4. The van der Waals surface area contributed by atoms with E-state index in [-0.39, 0.29) is 30.1 Å². The molecule has 0 spiro atoms. The first-order valence-electron chi connectivity index (χ1n) is 13.5. The molecule has 3 aliphatic rings. The van der Waals surface area contributed by atoms with Gasteiger partial charge in [-0.25, -0.2) is 0 Å². The number of piperidine rings is 2. The molecule has 3 aromatic rings. The van der Waals surface area contributed by atoms with E-state index in [9.17, 15) is 19.2 Å². The van der Waals surface area contributed by atoms with Crippen molar-refractivity contribution in [2.75, 3.05) is 13.2 Å². The van der Waals surface area contributed by atoms with Gasteiger partial charge in [0.25, 0.3) is 5.91 Å². The average molecular weight is 530 g/mol. The number of hydrogen-bond donors (Lipinski definition) is 2. The number of likely N-dealkylation sites (tertiary alicyclic amines) is 1. The van der Waals surface area contributed by atoms with E-state index >= 15 is 0 Å². The summed E-state index contributed by atoms with van der Waals surface area (Å²) < 4.78 is 6.25. The number of aromatic nitrogens is 2. The van der Waals surface area contributed by atoms with E-state index in [1.165, 1.54) is 0 Å². The van der Waals surface area contributed by atoms with Crippen molar-refractivity contribution >= 4 is 34.4 Å². The standard InChI is InChI=1S/C29H31N5O5/c1-17(35)21-6-4-7-23-27(21)24(32-31-23)15-33-12-3-2-5-19(33)16-39-20-8-9-22-18(13-20)14-34(29(22)38)25-10-11-26(36)30-28(25)37/h4,6-9,13,19,25H,2-3,5,10-12,14-16H2,1H3,(H,31,32)(H,30,36,37)/t19-,25?/m0/s1. The van der Waals surface area contributed by atoms with Gasteiger partial charge in [0.2, 0.25) is 11.8 Å². The first-order chi connectivity index (χ1) is 18.9. The number of ketones is 1. The van der Waals surface area contributed by atoms with Crippen LogP contribution in [-0.2, 0) is 22.7 Å². The number of imide groups is 1. The maximum atomic E-state index is 13.0. The molecule has 2 saturated heterocycles. The van der Waals surface area contributed by atoms with Crippen molar-refractivity contribution in [3.05, 3.63) is 58.8 Å². The Morgan fingerprint density at radius 3 is 2.82 bits per heavy atom. The molecule has 2 atom stereocenters. The van der Waals surface area contributed by atoms with Gasteiger partial charge in [-0.15, -0.1) is 0 Å². The van der Waals surface area contributed by atoms with Crippen LogP contribution in [-0.4, -0.2) is 68.7 Å². The molecule has 4 heterocycles. The van der Waals surface area contributed by atoms with E-state index in [4.69, 9.17) is 4.74 Å². The van der Waals surface area contributed by atoms with Crippen LogP contribution in [0.15, 0.2) is 36.4 Å². The van der Waals surface area contributed by atoms with Crippen molar-refractivity contribution in [1.29, 1.82) is 0 Å². The molecular weight excluding hydrogens is 498 g/mol. The van der Waals surface area contributed by atoms with Crippen molar-refractivity contribution in [2.24, 2.45) is 0 Å². The van der Waals surface area contributed by atoms with Gasteiger partial charge in [0, 0.05) is 42.1 Å². The lowest BCUT2D eigenvalue weighted by Crippen LogP contribution is -2.52. The molecule has 6 rings (SSSR count). The molecule has 39 heavy (non-hydrogen) atoms. The molecule has 0 bridgehead atoms. The highest BCUT2D eigenvalue weighted by atomic mass is 16.5. The second-order valence-electron chi connectivity index (χ2n) is 10.6. The van der Waals surface area contributed by atoms with Crippen LogP contribution >= 0.6 is 0 Å². The van der Waals surface area contributed by atoms with E-state index in [2.05, 4.69) is 20.4 Å². The second kappa shape index (κ2) is 10.3. The third-order valence-electron chi connectivity index (χ3n) is 8.08. The minimum atomic E-state index is -0.634. The third kappa shape index (κ3) is 4.80. The monoisotopic (exact) mass is 529 g/mol. The van der Waals surface area contributed by atoms with E-state index in [0.717, 1.165) is 48.0 Å². The van der Waals surface area contributed by atoms with Crippen molar-refractivity contribution in [3.63, 3.8) is 0 Å². The molecule has 2 fully saturated rings. The fraction of sp³-hybridized carbons (Fsp3) is 0.414. The number of nitrogens with one attached hydrogen (secondary N) is 2. The summed E-state index contributed by atoms with van der Waals surface area (Å²) in [5, 5.41) is 10.8. The van der Waals surface area contributed by atoms with E-state index < -0.39 is 11.9 Å². The zero-order chi connectivity index (χ0) is 27.1. The van der Waals surface area contributed by atoms with Crippen molar-refractivity contribution in [1.82, 2.24) is 25.3 Å². The van der Waals surface area contributed by atoms with Gasteiger partial charge in [0.05, 0.1) is 11.2 Å². The largest absolute Gasteiger partial charge is 0.492 e. The fourth-order valence-corrected chi connectivity index (χ4v) is 6.03. The van der Waals surface area contributed by atoms with E-state index in [0.29, 0.717) is 43.0 Å². The molecule has 1 aromatic heterocycles. The number of nitrogens with zero attached hydrogens (tertiary/aromatic N) is 3. The zero-order valence-corrected chi connectivity index (χ0v) is 21.9. The highest BCUT2D eigenvalue weighted by Crippen LogP contribution is 2.31. The summed E-state index contributed by atoms with van der Waals surface area (Å²) in [6, 6.07) is 10.6. The lowest BCUT2D eigenvalue weighted by atomic mass is 10.0. The molecule has 2 aromatic carbocycles. The summed E-state index contributed by atoms with van der Waals surface area (Å²) in [6.07, 6.45) is 3.78. The van der Waals surface area contributed by atoms with Crippen LogP contribution in [0.5, 0.6) is 5.75 Å². The van der Waals surface area contributed by atoms with Crippen LogP contribution in [0.25, 0.3) is 10.9 Å². The van der Waals surface area contributed by atoms with Crippen molar-refractivity contribution < 1.29 is 23.9 Å². The Hall–Kier alpha value is -4.05. The topological polar surface area (TPSA) is 125 Å². The van der Waals surface area contributed by atoms with E-state index in [1.807, 2.05) is 24.3 Å². The summed E-state index contributed by atoms with van der Waals surface area (Å²) in [4.78, 5) is 53.0. The number of hydrogen-bond acceptors (Lipinski definition) is 7. The van der Waals surface area contributed by atoms with Gasteiger partial charge in [0.15, 0.2) is 5.78 Å². The first-order valence-corrected chi connectivity index (χ1v) is 13.5. The van der Waals surface area contributed by atoms with Crippen LogP contribution in [0.4, 0.5) is 0 Å². The number of carbonyl (C=O) groups is 4. The van der Waals surface area contributed by atoms with Crippen LogP contribution in [0.3, 0.4) is 0 Å². The first kappa shape index (κ1) is 25.2. The predicted octanol–water partition coefficient (Wildman–Crippen LogP) is 2.96. The van der Waals surface area contributed by atoms with Gasteiger partial charge < -0.3 is 9.64 Å². The highest BCUT2D eigenvalue weighted by Gasteiger charge is 2.39. The normalized spacial score (nSPS) is 21.8. The SMILES string of the molecule is CC(=O)c1cccc2n[nH]c(CN3CCCC[C@H]3COc3ccc4c(c3)CN(C3CCC(=O)NC3=O)C4=O)c12. The molecule has 3 amide bonds. The van der Waals surface area contributed by atoms with Gasteiger partial charge in [0.1, 0.15) is 18.4 Å². The van der Waals surface area contributed by atoms with Gasteiger partial charge in [-0.1, -0.05) is 18.6 Å². The number of Topliss-reactive ketones (excluding diaryl/α,β-unsaturated/α-hetero) is 1. The Labute approximate surface area is 225 Å². The Bertz CT molecular complexity index is 1480. The van der Waals surface area contributed by atoms with Crippen LogP contribution < -0.4 is 10.1 Å². The summed E-state index contributed by atoms with van der Waals surface area (Å²) in [6.45, 7) is 3.97. The minimum Gasteiger partial charge on any atom is -0.492 e. The van der Waals surface area contributed by atoms with Crippen molar-refractivity contribution in [3.8, 4) is 5.75 Å². The van der Waals surface area contributed by atoms with Crippen LogP contribution in [0.2, 0.25) is 0 Å². The summed E-state index contributed by atoms with van der Waals surface area (Å²) in [7, 11) is 0. The van der Waals surface area contributed by atoms with Gasteiger partial charge in [-0.05, 0) is 62.6 Å². The molecule has 2 N–H and O–H groups in total. The lowest BCUT2D eigenvalue weighted by Gasteiger charge is -2.35.